The molecule has 0 spiro atoms. The molecular formula is C19H25N7O2. The predicted octanol–water partition coefficient (Wildman–Crippen LogP) is 1.20. The number of rotatable bonds is 4. The van der Waals surface area contributed by atoms with E-state index in [1.165, 1.54) is 0 Å². The number of hydrogen-bond acceptors (Lipinski definition) is 8. The molecule has 9 heteroatoms. The highest BCUT2D eigenvalue weighted by molar-refractivity contribution is 5.70. The van der Waals surface area contributed by atoms with Crippen molar-refractivity contribution in [2.75, 3.05) is 54.0 Å². The lowest BCUT2D eigenvalue weighted by atomic mass is 9.97. The number of piperidine rings is 1. The summed E-state index contributed by atoms with van der Waals surface area (Å²) in [6.45, 7) is 6.66. The molecule has 0 radical (unpaired) electrons. The predicted molar refractivity (Wildman–Crippen MR) is 106 cm³/mol. The maximum Gasteiger partial charge on any atom is 0.306 e. The summed E-state index contributed by atoms with van der Waals surface area (Å²) in [5, 5.41) is 9.19. The van der Waals surface area contributed by atoms with Crippen LogP contribution in [0.5, 0.6) is 0 Å². The third-order valence-corrected chi connectivity index (χ3v) is 5.39. The molecule has 0 aliphatic carbocycles. The Labute approximate surface area is 164 Å². The Bertz CT molecular complexity index is 816. The number of nitrogens with zero attached hydrogens (tertiary/aromatic N) is 7. The summed E-state index contributed by atoms with van der Waals surface area (Å²) in [6.07, 6.45) is 4.84. The summed E-state index contributed by atoms with van der Waals surface area (Å²) in [5.74, 6) is 1.45. The molecule has 2 aromatic rings. The monoisotopic (exact) mass is 383 g/mol. The van der Waals surface area contributed by atoms with Crippen LogP contribution in [0, 0.1) is 12.8 Å². The molecule has 1 N–H and O–H groups in total. The summed E-state index contributed by atoms with van der Waals surface area (Å²) < 4.78 is 0. The van der Waals surface area contributed by atoms with Crippen LogP contribution in [0.2, 0.25) is 0 Å². The SMILES string of the molecule is Cc1cc(N2CCC(C(=O)O)CC2)nc(N2CCN(c3ncccn3)CC2)n1. The minimum Gasteiger partial charge on any atom is -0.481 e. The highest BCUT2D eigenvalue weighted by Crippen LogP contribution is 2.24. The van der Waals surface area contributed by atoms with E-state index in [-0.39, 0.29) is 5.92 Å². The number of aryl methyl sites for hydroxylation is 1. The molecule has 9 nitrogen and oxygen atoms in total. The van der Waals surface area contributed by atoms with Gasteiger partial charge in [-0.15, -0.1) is 0 Å². The van der Waals surface area contributed by atoms with Gasteiger partial charge in [0.25, 0.3) is 0 Å². The van der Waals surface area contributed by atoms with Crippen molar-refractivity contribution >= 4 is 23.7 Å². The van der Waals surface area contributed by atoms with E-state index >= 15 is 0 Å². The van der Waals surface area contributed by atoms with Gasteiger partial charge >= 0.3 is 5.97 Å². The van der Waals surface area contributed by atoms with Crippen LogP contribution in [-0.4, -0.2) is 70.3 Å². The third kappa shape index (κ3) is 3.97. The van der Waals surface area contributed by atoms with Crippen molar-refractivity contribution in [2.24, 2.45) is 5.92 Å². The van der Waals surface area contributed by atoms with Gasteiger partial charge in [-0.1, -0.05) is 0 Å². The van der Waals surface area contributed by atoms with Gasteiger partial charge in [-0.2, -0.15) is 4.98 Å². The Morgan fingerprint density at radius 2 is 1.54 bits per heavy atom. The lowest BCUT2D eigenvalue weighted by Crippen LogP contribution is -2.48. The highest BCUT2D eigenvalue weighted by Gasteiger charge is 2.26. The number of aromatic nitrogens is 4. The molecule has 0 saturated carbocycles. The third-order valence-electron chi connectivity index (χ3n) is 5.39. The van der Waals surface area contributed by atoms with Gasteiger partial charge in [-0.3, -0.25) is 4.79 Å². The second kappa shape index (κ2) is 7.95. The van der Waals surface area contributed by atoms with Gasteiger partial charge < -0.3 is 19.8 Å². The number of aliphatic carboxylic acids is 1. The van der Waals surface area contributed by atoms with Gasteiger partial charge in [0, 0.05) is 63.4 Å². The van der Waals surface area contributed by atoms with Crippen molar-refractivity contribution in [2.45, 2.75) is 19.8 Å². The average Bonchev–Trinajstić information content (AvgIpc) is 2.74. The zero-order chi connectivity index (χ0) is 19.5. The van der Waals surface area contributed by atoms with Crippen LogP contribution >= 0.6 is 0 Å². The fourth-order valence-corrected chi connectivity index (χ4v) is 3.76. The minimum atomic E-state index is -0.695. The van der Waals surface area contributed by atoms with E-state index in [1.54, 1.807) is 12.4 Å². The van der Waals surface area contributed by atoms with Gasteiger partial charge in [-0.05, 0) is 25.8 Å². The zero-order valence-electron chi connectivity index (χ0n) is 16.0. The Hall–Kier alpha value is -2.97. The molecule has 4 heterocycles. The molecule has 148 valence electrons. The first-order valence-electron chi connectivity index (χ1n) is 9.70. The van der Waals surface area contributed by atoms with Crippen LogP contribution in [0.25, 0.3) is 0 Å². The fraction of sp³-hybridized carbons (Fsp3) is 0.526. The first-order chi connectivity index (χ1) is 13.6. The van der Waals surface area contributed by atoms with Crippen LogP contribution in [0.4, 0.5) is 17.7 Å². The fourth-order valence-electron chi connectivity index (χ4n) is 3.76. The van der Waals surface area contributed by atoms with E-state index in [2.05, 4.69) is 29.7 Å². The molecule has 0 bridgehead atoms. The molecule has 0 aromatic carbocycles. The number of hydrogen-bond donors (Lipinski definition) is 1. The van der Waals surface area contributed by atoms with Crippen molar-refractivity contribution in [3.63, 3.8) is 0 Å². The van der Waals surface area contributed by atoms with E-state index in [0.717, 1.165) is 49.6 Å². The first kappa shape index (κ1) is 18.4. The normalized spacial score (nSPS) is 18.4. The zero-order valence-corrected chi connectivity index (χ0v) is 16.0. The second-order valence-corrected chi connectivity index (χ2v) is 7.29. The maximum absolute atomic E-state index is 11.2. The van der Waals surface area contributed by atoms with E-state index < -0.39 is 5.97 Å². The second-order valence-electron chi connectivity index (χ2n) is 7.29. The van der Waals surface area contributed by atoms with Crippen LogP contribution in [-0.2, 0) is 4.79 Å². The molecule has 0 unspecified atom stereocenters. The number of carbonyl (C=O) groups is 1. The van der Waals surface area contributed by atoms with Gasteiger partial charge in [-0.25, -0.2) is 15.0 Å². The summed E-state index contributed by atoms with van der Waals surface area (Å²) in [6, 6.07) is 3.81. The first-order valence-corrected chi connectivity index (χ1v) is 9.70. The molecule has 2 aromatic heterocycles. The van der Waals surface area contributed by atoms with E-state index in [0.29, 0.717) is 25.9 Å². The van der Waals surface area contributed by atoms with Crippen molar-refractivity contribution in [1.82, 2.24) is 19.9 Å². The summed E-state index contributed by atoms with van der Waals surface area (Å²) in [4.78, 5) is 35.8. The smallest absolute Gasteiger partial charge is 0.306 e. The molecule has 0 amide bonds. The van der Waals surface area contributed by atoms with Crippen LogP contribution < -0.4 is 14.7 Å². The minimum absolute atomic E-state index is 0.244. The highest BCUT2D eigenvalue weighted by atomic mass is 16.4. The van der Waals surface area contributed by atoms with Crippen molar-refractivity contribution in [3.8, 4) is 0 Å². The van der Waals surface area contributed by atoms with Crippen LogP contribution in [0.1, 0.15) is 18.5 Å². The Morgan fingerprint density at radius 3 is 2.14 bits per heavy atom. The molecule has 0 atom stereocenters. The summed E-state index contributed by atoms with van der Waals surface area (Å²) in [7, 11) is 0. The van der Waals surface area contributed by atoms with E-state index in [1.807, 2.05) is 19.1 Å². The molecule has 2 aliphatic rings. The maximum atomic E-state index is 11.2. The summed E-state index contributed by atoms with van der Waals surface area (Å²) in [5.41, 5.74) is 0.925. The number of carboxylic acids is 1. The van der Waals surface area contributed by atoms with Crippen LogP contribution in [0.3, 0.4) is 0 Å². The number of carboxylic acid groups (broad SMARTS) is 1. The van der Waals surface area contributed by atoms with Gasteiger partial charge in [0.2, 0.25) is 11.9 Å². The summed E-state index contributed by atoms with van der Waals surface area (Å²) >= 11 is 0. The Balaban J connectivity index is 1.43. The standard InChI is InChI=1S/C19H25N7O2/c1-14-13-16(24-7-3-15(4-8-24)17(27)28)23-19(22-14)26-11-9-25(10-12-26)18-20-5-2-6-21-18/h2,5-6,13,15H,3-4,7-12H2,1H3,(H,27,28). The van der Waals surface area contributed by atoms with Gasteiger partial charge in [0.1, 0.15) is 5.82 Å². The largest absolute Gasteiger partial charge is 0.481 e. The Kier molecular flexibility index (Phi) is 5.23. The molecule has 2 aliphatic heterocycles. The molecule has 2 fully saturated rings. The van der Waals surface area contributed by atoms with Crippen molar-refractivity contribution in [3.05, 3.63) is 30.2 Å². The average molecular weight is 383 g/mol. The molecule has 28 heavy (non-hydrogen) atoms. The lowest BCUT2D eigenvalue weighted by Gasteiger charge is -2.35. The number of piperazine rings is 1. The van der Waals surface area contributed by atoms with Crippen molar-refractivity contribution in [1.29, 1.82) is 0 Å². The molecular weight excluding hydrogens is 358 g/mol. The van der Waals surface area contributed by atoms with Crippen molar-refractivity contribution < 1.29 is 9.90 Å². The molecule has 4 rings (SSSR count). The number of anilines is 3. The van der Waals surface area contributed by atoms with E-state index in [4.69, 9.17) is 4.98 Å². The van der Waals surface area contributed by atoms with Crippen LogP contribution in [0.15, 0.2) is 24.5 Å². The quantitative estimate of drug-likeness (QED) is 0.835. The van der Waals surface area contributed by atoms with Gasteiger partial charge in [0.05, 0.1) is 5.92 Å². The van der Waals surface area contributed by atoms with Gasteiger partial charge in [0.15, 0.2) is 0 Å². The topological polar surface area (TPSA) is 98.6 Å². The Morgan fingerprint density at radius 1 is 0.929 bits per heavy atom. The lowest BCUT2D eigenvalue weighted by molar-refractivity contribution is -0.142. The van der Waals surface area contributed by atoms with E-state index in [9.17, 15) is 9.90 Å². The molecule has 2 saturated heterocycles.